The first-order chi connectivity index (χ1) is 5.77. The molecular formula is C10H19NO. The number of rotatable bonds is 3. The molecule has 1 fully saturated rings. The van der Waals surface area contributed by atoms with E-state index in [1.165, 1.54) is 13.0 Å². The largest absolute Gasteiger partial charge is 0.384 e. The first-order valence-electron chi connectivity index (χ1n) is 4.60. The van der Waals surface area contributed by atoms with E-state index in [4.69, 9.17) is 4.74 Å². The van der Waals surface area contributed by atoms with Gasteiger partial charge in [-0.15, -0.1) is 0 Å². The third kappa shape index (κ3) is 2.32. The topological polar surface area (TPSA) is 12.5 Å². The minimum Gasteiger partial charge on any atom is -0.384 e. The quantitative estimate of drug-likeness (QED) is 0.594. The molecule has 0 saturated carbocycles. The Morgan fingerprint density at radius 1 is 1.58 bits per heavy atom. The molecule has 1 unspecified atom stereocenters. The van der Waals surface area contributed by atoms with Gasteiger partial charge < -0.3 is 4.74 Å². The number of methoxy groups -OCH3 is 1. The van der Waals surface area contributed by atoms with Crippen molar-refractivity contribution < 1.29 is 4.74 Å². The second-order valence-corrected chi connectivity index (χ2v) is 3.59. The second-order valence-electron chi connectivity index (χ2n) is 3.59. The maximum absolute atomic E-state index is 5.15. The summed E-state index contributed by atoms with van der Waals surface area (Å²) in [5, 5.41) is 0. The summed E-state index contributed by atoms with van der Waals surface area (Å²) in [4.78, 5) is 2.39. The molecule has 12 heavy (non-hydrogen) atoms. The SMILES string of the molecule is C/C=C/C1C[C@H](COC)CN1C. The number of hydrogen-bond acceptors (Lipinski definition) is 2. The van der Waals surface area contributed by atoms with Crippen molar-refractivity contribution in [1.82, 2.24) is 4.90 Å². The first-order valence-corrected chi connectivity index (χ1v) is 4.60. The molecule has 2 heteroatoms. The van der Waals surface area contributed by atoms with Gasteiger partial charge in [-0.25, -0.2) is 0 Å². The molecular weight excluding hydrogens is 150 g/mol. The predicted molar refractivity (Wildman–Crippen MR) is 51.2 cm³/mol. The van der Waals surface area contributed by atoms with Crippen LogP contribution in [0.15, 0.2) is 12.2 Å². The normalized spacial score (nSPS) is 31.9. The van der Waals surface area contributed by atoms with E-state index in [0.717, 1.165) is 12.5 Å². The van der Waals surface area contributed by atoms with Gasteiger partial charge in [0.25, 0.3) is 0 Å². The maximum Gasteiger partial charge on any atom is 0.0503 e. The summed E-state index contributed by atoms with van der Waals surface area (Å²) < 4.78 is 5.15. The molecule has 0 aromatic rings. The number of ether oxygens (including phenoxy) is 1. The van der Waals surface area contributed by atoms with Gasteiger partial charge in [-0.05, 0) is 26.3 Å². The van der Waals surface area contributed by atoms with E-state index in [1.54, 1.807) is 7.11 Å². The molecule has 0 aliphatic carbocycles. The number of likely N-dealkylation sites (N-methyl/N-ethyl adjacent to an activating group) is 1. The van der Waals surface area contributed by atoms with Crippen LogP contribution < -0.4 is 0 Å². The fourth-order valence-corrected chi connectivity index (χ4v) is 1.94. The molecule has 70 valence electrons. The Morgan fingerprint density at radius 3 is 2.92 bits per heavy atom. The zero-order chi connectivity index (χ0) is 8.97. The van der Waals surface area contributed by atoms with Crippen LogP contribution in [0.25, 0.3) is 0 Å². The van der Waals surface area contributed by atoms with E-state index in [-0.39, 0.29) is 0 Å². The summed E-state index contributed by atoms with van der Waals surface area (Å²) in [6.45, 7) is 4.15. The molecule has 0 aromatic carbocycles. The molecule has 0 N–H and O–H groups in total. The highest BCUT2D eigenvalue weighted by Gasteiger charge is 2.26. The van der Waals surface area contributed by atoms with E-state index in [1.807, 2.05) is 0 Å². The zero-order valence-corrected chi connectivity index (χ0v) is 8.29. The van der Waals surface area contributed by atoms with Crippen molar-refractivity contribution in [3.63, 3.8) is 0 Å². The molecule has 1 heterocycles. The molecule has 0 amide bonds. The number of hydrogen-bond donors (Lipinski definition) is 0. The molecule has 0 radical (unpaired) electrons. The number of nitrogens with zero attached hydrogens (tertiary/aromatic N) is 1. The maximum atomic E-state index is 5.15. The van der Waals surface area contributed by atoms with Gasteiger partial charge in [-0.1, -0.05) is 12.2 Å². The summed E-state index contributed by atoms with van der Waals surface area (Å²) in [5.41, 5.74) is 0. The van der Waals surface area contributed by atoms with Crippen LogP contribution in [0.4, 0.5) is 0 Å². The van der Waals surface area contributed by atoms with Crippen molar-refractivity contribution in [3.05, 3.63) is 12.2 Å². The highest BCUT2D eigenvalue weighted by molar-refractivity contribution is 4.97. The Bertz CT molecular complexity index is 156. The zero-order valence-electron chi connectivity index (χ0n) is 8.29. The molecule has 0 bridgehead atoms. The Labute approximate surface area is 75.2 Å². The van der Waals surface area contributed by atoms with Gasteiger partial charge in [0.05, 0.1) is 6.61 Å². The van der Waals surface area contributed by atoms with Crippen molar-refractivity contribution in [3.8, 4) is 0 Å². The summed E-state index contributed by atoms with van der Waals surface area (Å²) >= 11 is 0. The number of likely N-dealkylation sites (tertiary alicyclic amines) is 1. The molecule has 2 nitrogen and oxygen atoms in total. The average molecular weight is 169 g/mol. The smallest absolute Gasteiger partial charge is 0.0503 e. The minimum absolute atomic E-state index is 0.634. The van der Waals surface area contributed by atoms with Crippen LogP contribution in [0, 0.1) is 5.92 Å². The van der Waals surface area contributed by atoms with Gasteiger partial charge in [0.2, 0.25) is 0 Å². The highest BCUT2D eigenvalue weighted by atomic mass is 16.5. The molecule has 1 aliphatic heterocycles. The molecule has 0 spiro atoms. The van der Waals surface area contributed by atoms with Crippen molar-refractivity contribution >= 4 is 0 Å². The van der Waals surface area contributed by atoms with Crippen LogP contribution >= 0.6 is 0 Å². The summed E-state index contributed by atoms with van der Waals surface area (Å²) in [5.74, 6) is 0.723. The monoisotopic (exact) mass is 169 g/mol. The van der Waals surface area contributed by atoms with Gasteiger partial charge in [0, 0.05) is 19.7 Å². The first kappa shape index (κ1) is 9.75. The van der Waals surface area contributed by atoms with E-state index in [0.29, 0.717) is 6.04 Å². The lowest BCUT2D eigenvalue weighted by molar-refractivity contribution is 0.155. The molecule has 1 aliphatic rings. The molecule has 1 saturated heterocycles. The van der Waals surface area contributed by atoms with Crippen molar-refractivity contribution in [2.24, 2.45) is 5.92 Å². The Morgan fingerprint density at radius 2 is 2.33 bits per heavy atom. The Hall–Kier alpha value is -0.340. The minimum atomic E-state index is 0.634. The van der Waals surface area contributed by atoms with E-state index in [2.05, 4.69) is 31.0 Å². The third-order valence-corrected chi connectivity index (χ3v) is 2.50. The van der Waals surface area contributed by atoms with Crippen LogP contribution in [0.2, 0.25) is 0 Å². The lowest BCUT2D eigenvalue weighted by atomic mass is 10.1. The van der Waals surface area contributed by atoms with Crippen LogP contribution in [-0.4, -0.2) is 38.3 Å². The molecule has 1 rings (SSSR count). The van der Waals surface area contributed by atoms with E-state index in [9.17, 15) is 0 Å². The second kappa shape index (κ2) is 4.63. The fourth-order valence-electron chi connectivity index (χ4n) is 1.94. The van der Waals surface area contributed by atoms with E-state index >= 15 is 0 Å². The van der Waals surface area contributed by atoms with Gasteiger partial charge in [-0.2, -0.15) is 0 Å². The summed E-state index contributed by atoms with van der Waals surface area (Å²) in [6.07, 6.45) is 5.65. The van der Waals surface area contributed by atoms with Crippen LogP contribution in [-0.2, 0) is 4.74 Å². The van der Waals surface area contributed by atoms with Crippen LogP contribution in [0.5, 0.6) is 0 Å². The third-order valence-electron chi connectivity index (χ3n) is 2.50. The van der Waals surface area contributed by atoms with Crippen molar-refractivity contribution in [2.45, 2.75) is 19.4 Å². The Balaban J connectivity index is 2.39. The summed E-state index contributed by atoms with van der Waals surface area (Å²) in [7, 11) is 3.96. The fraction of sp³-hybridized carbons (Fsp3) is 0.800. The lowest BCUT2D eigenvalue weighted by Gasteiger charge is -2.14. The number of allylic oxidation sites excluding steroid dienone is 1. The molecule has 2 atom stereocenters. The van der Waals surface area contributed by atoms with E-state index < -0.39 is 0 Å². The van der Waals surface area contributed by atoms with Crippen molar-refractivity contribution in [2.75, 3.05) is 27.3 Å². The lowest BCUT2D eigenvalue weighted by Crippen LogP contribution is -2.22. The predicted octanol–water partition coefficient (Wildman–Crippen LogP) is 1.53. The van der Waals surface area contributed by atoms with Crippen molar-refractivity contribution in [1.29, 1.82) is 0 Å². The van der Waals surface area contributed by atoms with Crippen LogP contribution in [0.1, 0.15) is 13.3 Å². The van der Waals surface area contributed by atoms with Gasteiger partial charge in [0.1, 0.15) is 0 Å². The van der Waals surface area contributed by atoms with Gasteiger partial charge in [-0.3, -0.25) is 4.90 Å². The highest BCUT2D eigenvalue weighted by Crippen LogP contribution is 2.22. The van der Waals surface area contributed by atoms with Gasteiger partial charge in [0.15, 0.2) is 0 Å². The standard InChI is InChI=1S/C10H19NO/c1-4-5-10-6-9(8-12-3)7-11(10)2/h4-5,9-10H,6-8H2,1-3H3/b5-4+/t9-,10?/m0/s1. The van der Waals surface area contributed by atoms with Crippen LogP contribution in [0.3, 0.4) is 0 Å². The molecule has 0 aromatic heterocycles. The summed E-state index contributed by atoms with van der Waals surface area (Å²) in [6, 6.07) is 0.634. The van der Waals surface area contributed by atoms with Gasteiger partial charge >= 0.3 is 0 Å². The Kier molecular flexibility index (Phi) is 3.76. The average Bonchev–Trinajstić information content (AvgIpc) is 2.34.